The molecule has 3 heterocycles. The summed E-state index contributed by atoms with van der Waals surface area (Å²) in [5, 5.41) is 4.88. The maximum absolute atomic E-state index is 12.6. The molecule has 0 aliphatic carbocycles. The number of hydrogen-bond donors (Lipinski definition) is 3. The number of carbonyl (C=O) groups excluding carboxylic acids is 2. The zero-order valence-electron chi connectivity index (χ0n) is 12.3. The Bertz CT molecular complexity index is 606. The summed E-state index contributed by atoms with van der Waals surface area (Å²) in [5.74, 6) is 5.52. The van der Waals surface area contributed by atoms with E-state index in [4.69, 9.17) is 10.4 Å². The highest BCUT2D eigenvalue weighted by molar-refractivity contribution is 7.80. The summed E-state index contributed by atoms with van der Waals surface area (Å²) >= 11 is 0. The Morgan fingerprint density at radius 1 is 1.39 bits per heavy atom. The van der Waals surface area contributed by atoms with Crippen molar-refractivity contribution in [3.8, 4) is 0 Å². The second kappa shape index (κ2) is 5.87. The van der Waals surface area contributed by atoms with Crippen LogP contribution in [0.5, 0.6) is 0 Å². The number of fused-ring (bicyclic) bond motifs is 2. The molecule has 0 saturated carbocycles. The quantitative estimate of drug-likeness (QED) is 0.230. The minimum absolute atomic E-state index is 0.122. The van der Waals surface area contributed by atoms with Crippen molar-refractivity contribution in [3.63, 3.8) is 0 Å². The summed E-state index contributed by atoms with van der Waals surface area (Å²) in [7, 11) is -4.80. The summed E-state index contributed by atoms with van der Waals surface area (Å²) in [6.07, 6.45) is 1.48. The summed E-state index contributed by atoms with van der Waals surface area (Å²) in [6, 6.07) is -2.16. The number of nitrogens with one attached hydrogen (secondary N) is 1. The van der Waals surface area contributed by atoms with Gasteiger partial charge in [0.05, 0.1) is 12.1 Å². The van der Waals surface area contributed by atoms with Gasteiger partial charge in [-0.15, -0.1) is 4.28 Å². The van der Waals surface area contributed by atoms with Gasteiger partial charge in [-0.3, -0.25) is 14.4 Å². The van der Waals surface area contributed by atoms with Crippen LogP contribution in [0.2, 0.25) is 0 Å². The molecular weight excluding hydrogens is 330 g/mol. The molecule has 3 aliphatic heterocycles. The lowest BCUT2D eigenvalue weighted by atomic mass is 9.99. The highest BCUT2D eigenvalue weighted by Gasteiger charge is 2.50. The summed E-state index contributed by atoms with van der Waals surface area (Å²) < 4.78 is 34.8. The van der Waals surface area contributed by atoms with E-state index in [1.54, 1.807) is 0 Å². The Morgan fingerprint density at radius 2 is 2.13 bits per heavy atom. The van der Waals surface area contributed by atoms with Gasteiger partial charge in [-0.2, -0.15) is 13.5 Å². The molecule has 3 rings (SSSR count). The SMILES string of the molecule is NN(C(=O)[C@@H]1CC[C@@H]2CN1C(=O)N2OS(=O)(=O)O)C1CCNC1. The van der Waals surface area contributed by atoms with Gasteiger partial charge >= 0.3 is 16.4 Å². The molecule has 130 valence electrons. The van der Waals surface area contributed by atoms with Crippen molar-refractivity contribution in [1.82, 2.24) is 20.3 Å². The number of hydroxylamine groups is 2. The molecule has 12 heteroatoms. The summed E-state index contributed by atoms with van der Waals surface area (Å²) in [5.41, 5.74) is 0. The van der Waals surface area contributed by atoms with Crippen LogP contribution in [0.3, 0.4) is 0 Å². The van der Waals surface area contributed by atoms with Crippen LogP contribution in [0.4, 0.5) is 4.79 Å². The predicted molar refractivity (Wildman–Crippen MR) is 75.7 cm³/mol. The van der Waals surface area contributed by atoms with E-state index >= 15 is 0 Å². The number of hydrogen-bond acceptors (Lipinski definition) is 7. The monoisotopic (exact) mass is 349 g/mol. The molecule has 11 nitrogen and oxygen atoms in total. The van der Waals surface area contributed by atoms with Crippen LogP contribution in [-0.2, 0) is 19.5 Å². The first-order valence-electron chi connectivity index (χ1n) is 7.33. The van der Waals surface area contributed by atoms with E-state index in [9.17, 15) is 18.0 Å². The molecule has 2 bridgehead atoms. The molecule has 0 spiro atoms. The van der Waals surface area contributed by atoms with E-state index in [1.807, 2.05) is 0 Å². The molecule has 3 amide bonds. The first-order chi connectivity index (χ1) is 10.8. The summed E-state index contributed by atoms with van der Waals surface area (Å²) in [4.78, 5) is 26.1. The number of urea groups is 1. The van der Waals surface area contributed by atoms with Crippen LogP contribution < -0.4 is 11.2 Å². The van der Waals surface area contributed by atoms with E-state index in [1.165, 1.54) is 4.90 Å². The summed E-state index contributed by atoms with van der Waals surface area (Å²) in [6.45, 7) is 1.53. The van der Waals surface area contributed by atoms with Gasteiger partial charge in [0, 0.05) is 13.1 Å². The fourth-order valence-corrected chi connectivity index (χ4v) is 3.71. The highest BCUT2D eigenvalue weighted by Crippen LogP contribution is 2.31. The van der Waals surface area contributed by atoms with Crippen LogP contribution in [-0.4, -0.2) is 77.6 Å². The van der Waals surface area contributed by atoms with Crippen LogP contribution in [0.25, 0.3) is 0 Å². The molecule has 1 unspecified atom stereocenters. The van der Waals surface area contributed by atoms with Crippen LogP contribution in [0.1, 0.15) is 19.3 Å². The van der Waals surface area contributed by atoms with Gasteiger partial charge in [0.2, 0.25) is 0 Å². The Hall–Kier alpha value is -1.47. The average Bonchev–Trinajstić information content (AvgIpc) is 3.09. The maximum Gasteiger partial charge on any atom is 0.418 e. The maximum atomic E-state index is 12.6. The third-order valence-corrected chi connectivity index (χ3v) is 4.81. The van der Waals surface area contributed by atoms with Gasteiger partial charge < -0.3 is 10.2 Å². The molecule has 0 aromatic heterocycles. The van der Waals surface area contributed by atoms with Gasteiger partial charge in [-0.1, -0.05) is 0 Å². The fourth-order valence-electron chi connectivity index (χ4n) is 3.32. The molecule has 0 aromatic carbocycles. The molecule has 4 N–H and O–H groups in total. The van der Waals surface area contributed by atoms with Gasteiger partial charge in [-0.25, -0.2) is 10.6 Å². The number of nitrogens with two attached hydrogens (primary N) is 1. The number of amides is 3. The number of nitrogens with zero attached hydrogens (tertiary/aromatic N) is 3. The van der Waals surface area contributed by atoms with Crippen molar-refractivity contribution < 1.29 is 26.8 Å². The van der Waals surface area contributed by atoms with Crippen LogP contribution >= 0.6 is 0 Å². The zero-order chi connectivity index (χ0) is 16.8. The molecular formula is C11H19N5O6S. The smallest absolute Gasteiger partial charge is 0.315 e. The number of rotatable bonds is 4. The lowest BCUT2D eigenvalue weighted by Gasteiger charge is -2.34. The van der Waals surface area contributed by atoms with E-state index in [2.05, 4.69) is 9.60 Å². The molecule has 23 heavy (non-hydrogen) atoms. The van der Waals surface area contributed by atoms with Gasteiger partial charge in [-0.05, 0) is 25.8 Å². The number of carbonyl (C=O) groups is 2. The van der Waals surface area contributed by atoms with Crippen LogP contribution in [0, 0.1) is 0 Å². The Balaban J connectivity index is 1.72. The molecule has 3 saturated heterocycles. The minimum Gasteiger partial charge on any atom is -0.315 e. The largest absolute Gasteiger partial charge is 0.418 e. The second-order valence-corrected chi connectivity index (χ2v) is 6.91. The number of hydrazine groups is 1. The third kappa shape index (κ3) is 3.12. The normalized spacial score (nSPS) is 30.9. The Morgan fingerprint density at radius 3 is 2.74 bits per heavy atom. The van der Waals surface area contributed by atoms with Gasteiger partial charge in [0.1, 0.15) is 6.04 Å². The lowest BCUT2D eigenvalue weighted by Crippen LogP contribution is -2.56. The fraction of sp³-hybridized carbons (Fsp3) is 0.818. The molecule has 0 radical (unpaired) electrons. The van der Waals surface area contributed by atoms with Crippen molar-refractivity contribution in [1.29, 1.82) is 0 Å². The number of piperidine rings is 1. The van der Waals surface area contributed by atoms with Crippen molar-refractivity contribution in [3.05, 3.63) is 0 Å². The molecule has 0 aromatic rings. The topological polar surface area (TPSA) is 146 Å². The Kier molecular flexibility index (Phi) is 4.18. The lowest BCUT2D eigenvalue weighted by molar-refractivity contribution is -0.139. The second-order valence-electron chi connectivity index (χ2n) is 5.90. The molecule has 3 aliphatic rings. The van der Waals surface area contributed by atoms with Gasteiger partial charge in [0.15, 0.2) is 0 Å². The van der Waals surface area contributed by atoms with Gasteiger partial charge in [0.25, 0.3) is 5.91 Å². The third-order valence-electron chi connectivity index (χ3n) is 4.46. The molecule has 3 atom stereocenters. The standard InChI is InChI=1S/C11H19N5O6S/c12-15(7-3-4-13-5-7)10(17)9-2-1-8-6-14(9)11(18)16(8)22-23(19,20)21/h7-9,13H,1-6,12H2,(H,19,20,21)/t7?,8-,9+/m1/s1. The predicted octanol–water partition coefficient (Wildman–Crippen LogP) is -1.95. The van der Waals surface area contributed by atoms with Crippen LogP contribution in [0.15, 0.2) is 0 Å². The van der Waals surface area contributed by atoms with E-state index in [0.717, 1.165) is 18.0 Å². The molecule has 3 fully saturated rings. The van der Waals surface area contributed by atoms with E-state index in [-0.39, 0.29) is 18.5 Å². The van der Waals surface area contributed by atoms with E-state index in [0.29, 0.717) is 24.4 Å². The highest BCUT2D eigenvalue weighted by atomic mass is 32.3. The average molecular weight is 349 g/mol. The first-order valence-corrected chi connectivity index (χ1v) is 8.70. The minimum atomic E-state index is -4.80. The zero-order valence-corrected chi connectivity index (χ0v) is 13.1. The van der Waals surface area contributed by atoms with Crippen molar-refractivity contribution in [2.75, 3.05) is 19.6 Å². The van der Waals surface area contributed by atoms with Crippen molar-refractivity contribution >= 4 is 22.3 Å². The van der Waals surface area contributed by atoms with Crippen molar-refractivity contribution in [2.45, 2.75) is 37.4 Å². The van der Waals surface area contributed by atoms with E-state index < -0.39 is 28.5 Å². The first kappa shape index (κ1) is 16.4. The van der Waals surface area contributed by atoms with Crippen molar-refractivity contribution in [2.24, 2.45) is 5.84 Å². The Labute approximate surface area is 133 Å².